The van der Waals surface area contributed by atoms with Gasteiger partial charge in [-0.25, -0.2) is 4.98 Å². The molecule has 0 atom stereocenters. The summed E-state index contributed by atoms with van der Waals surface area (Å²) in [5.41, 5.74) is 2.89. The lowest BCUT2D eigenvalue weighted by molar-refractivity contribution is 0.573. The van der Waals surface area contributed by atoms with E-state index in [9.17, 15) is 4.79 Å². The molecule has 0 radical (unpaired) electrons. The van der Waals surface area contributed by atoms with E-state index in [-0.39, 0.29) is 5.56 Å². The molecule has 0 spiro atoms. The minimum atomic E-state index is -0.306. The molecule has 0 amide bonds. The number of aromatic nitrogens is 2. The van der Waals surface area contributed by atoms with Crippen LogP contribution in [0.25, 0.3) is 44.8 Å². The number of fused-ring (bicyclic) bond motifs is 2. The molecule has 3 aromatic carbocycles. The van der Waals surface area contributed by atoms with Gasteiger partial charge in [0.2, 0.25) is 5.82 Å². The molecule has 0 saturated heterocycles. The largest absolute Gasteiger partial charge is 0.455 e. The van der Waals surface area contributed by atoms with Gasteiger partial charge in [0.05, 0.1) is 17.1 Å². The Morgan fingerprint density at radius 3 is 2.63 bits per heavy atom. The number of hydrogen-bond acceptors (Lipinski definition) is 5. The van der Waals surface area contributed by atoms with Crippen LogP contribution in [0.1, 0.15) is 11.3 Å². The second-order valence-corrected chi connectivity index (χ2v) is 8.56. The van der Waals surface area contributed by atoms with Gasteiger partial charge in [0, 0.05) is 16.0 Å². The molecule has 0 fully saturated rings. The maximum absolute atomic E-state index is 13.4. The van der Waals surface area contributed by atoms with Crippen molar-refractivity contribution >= 4 is 39.7 Å². The monoisotopic (exact) mass is 479 g/mol. The summed E-state index contributed by atoms with van der Waals surface area (Å²) in [6.45, 7) is 1.99. The van der Waals surface area contributed by atoms with Crippen LogP contribution in [-0.2, 0) is 0 Å². The molecular weight excluding hydrogens is 462 g/mol. The summed E-state index contributed by atoms with van der Waals surface area (Å²) in [6, 6.07) is 25.9. The topological polar surface area (TPSA) is 73.5 Å². The van der Waals surface area contributed by atoms with Gasteiger partial charge in [0.1, 0.15) is 17.1 Å². The Bertz CT molecular complexity index is 1780. The van der Waals surface area contributed by atoms with Gasteiger partial charge in [-0.2, -0.15) is 9.78 Å². The highest BCUT2D eigenvalue weighted by molar-refractivity contribution is 6.30. The van der Waals surface area contributed by atoms with Crippen molar-refractivity contribution in [3.63, 3.8) is 0 Å². The number of benzene rings is 3. The first-order valence-corrected chi connectivity index (χ1v) is 11.4. The fraction of sp³-hybridized carbons (Fsp3) is 0.0357. The van der Waals surface area contributed by atoms with Crippen LogP contribution in [0.15, 0.2) is 104 Å². The summed E-state index contributed by atoms with van der Waals surface area (Å²) in [7, 11) is 0. The van der Waals surface area contributed by atoms with Crippen molar-refractivity contribution in [1.29, 1.82) is 0 Å². The van der Waals surface area contributed by atoms with Crippen molar-refractivity contribution in [3.8, 4) is 22.9 Å². The molecule has 0 N–H and O–H groups in total. The highest BCUT2D eigenvalue weighted by Gasteiger charge is 2.16. The fourth-order valence-corrected chi connectivity index (χ4v) is 4.20. The summed E-state index contributed by atoms with van der Waals surface area (Å²) >= 11 is 6.16. The second-order valence-electron chi connectivity index (χ2n) is 8.12. The highest BCUT2D eigenvalue weighted by atomic mass is 35.5. The van der Waals surface area contributed by atoms with Crippen LogP contribution in [0.5, 0.6) is 0 Å². The average molecular weight is 480 g/mol. The van der Waals surface area contributed by atoms with E-state index in [2.05, 4.69) is 5.10 Å². The highest BCUT2D eigenvalue weighted by Crippen LogP contribution is 2.29. The van der Waals surface area contributed by atoms with Crippen LogP contribution in [0, 0.1) is 6.92 Å². The van der Waals surface area contributed by atoms with Gasteiger partial charge in [0.15, 0.2) is 5.76 Å². The fourth-order valence-electron chi connectivity index (χ4n) is 4.02. The van der Waals surface area contributed by atoms with Crippen LogP contribution in [-0.4, -0.2) is 15.9 Å². The maximum atomic E-state index is 13.4. The molecule has 35 heavy (non-hydrogen) atoms. The van der Waals surface area contributed by atoms with Crippen LogP contribution in [0.2, 0.25) is 5.02 Å². The zero-order chi connectivity index (χ0) is 23.9. The number of para-hydroxylation sites is 2. The van der Waals surface area contributed by atoms with E-state index in [1.807, 2.05) is 67.6 Å². The molecule has 0 bridgehead atoms. The molecule has 3 aromatic heterocycles. The number of nitrogens with zero attached hydrogens (tertiary/aromatic N) is 3. The number of hydrogen-bond donors (Lipinski definition) is 0. The lowest BCUT2D eigenvalue weighted by Gasteiger charge is -2.07. The summed E-state index contributed by atoms with van der Waals surface area (Å²) in [5.74, 6) is 1.89. The minimum Gasteiger partial charge on any atom is -0.455 e. The van der Waals surface area contributed by atoms with Crippen molar-refractivity contribution in [1.82, 2.24) is 9.66 Å². The third-order valence-corrected chi connectivity index (χ3v) is 6.03. The predicted octanol–water partition coefficient (Wildman–Crippen LogP) is 6.91. The Morgan fingerprint density at radius 2 is 1.74 bits per heavy atom. The molecule has 170 valence electrons. The van der Waals surface area contributed by atoms with Gasteiger partial charge in [-0.05, 0) is 61.0 Å². The van der Waals surface area contributed by atoms with Gasteiger partial charge < -0.3 is 8.83 Å². The standard InChI is InChI=1S/C28H18ClN3O3/c1-17-10-11-19(29)15-22(17)25-13-12-20(34-25)16-30-32-27(26-14-18-6-2-5-9-24(18)35-26)31-23-8-4-3-7-21(23)28(32)33/h2-16H,1H3. The van der Waals surface area contributed by atoms with E-state index in [0.717, 1.165) is 16.5 Å². The molecule has 6 rings (SSSR count). The summed E-state index contributed by atoms with van der Waals surface area (Å²) in [6.07, 6.45) is 1.49. The predicted molar refractivity (Wildman–Crippen MR) is 138 cm³/mol. The van der Waals surface area contributed by atoms with Crippen molar-refractivity contribution in [2.75, 3.05) is 0 Å². The molecule has 3 heterocycles. The van der Waals surface area contributed by atoms with E-state index < -0.39 is 0 Å². The van der Waals surface area contributed by atoms with Crippen LogP contribution in [0.4, 0.5) is 0 Å². The van der Waals surface area contributed by atoms with E-state index in [4.69, 9.17) is 25.4 Å². The summed E-state index contributed by atoms with van der Waals surface area (Å²) < 4.78 is 13.2. The molecule has 6 aromatic rings. The normalized spacial score (nSPS) is 11.7. The summed E-state index contributed by atoms with van der Waals surface area (Å²) in [5, 5.41) is 6.45. The quantitative estimate of drug-likeness (QED) is 0.257. The van der Waals surface area contributed by atoms with Gasteiger partial charge in [-0.3, -0.25) is 4.79 Å². The summed E-state index contributed by atoms with van der Waals surface area (Å²) in [4.78, 5) is 18.1. The Hall–Kier alpha value is -4.42. The Kier molecular flexibility index (Phi) is 5.08. The van der Waals surface area contributed by atoms with Crippen molar-refractivity contribution in [2.45, 2.75) is 6.92 Å². The first-order chi connectivity index (χ1) is 17.1. The Morgan fingerprint density at radius 1 is 0.914 bits per heavy atom. The zero-order valence-corrected chi connectivity index (χ0v) is 19.4. The number of rotatable bonds is 4. The van der Waals surface area contributed by atoms with Gasteiger partial charge in [-0.1, -0.05) is 48.0 Å². The lowest BCUT2D eigenvalue weighted by atomic mass is 10.1. The SMILES string of the molecule is Cc1ccc(Cl)cc1-c1ccc(C=Nn2c(-c3cc4ccccc4o3)nc3ccccc3c2=O)o1. The third kappa shape index (κ3) is 3.84. The first-order valence-electron chi connectivity index (χ1n) is 11.0. The lowest BCUT2D eigenvalue weighted by Crippen LogP contribution is -2.20. The smallest absolute Gasteiger partial charge is 0.282 e. The van der Waals surface area contributed by atoms with Crippen molar-refractivity contribution in [2.24, 2.45) is 5.10 Å². The van der Waals surface area contributed by atoms with Crippen LogP contribution >= 0.6 is 11.6 Å². The average Bonchev–Trinajstić information content (AvgIpc) is 3.52. The van der Waals surface area contributed by atoms with Gasteiger partial charge in [0.25, 0.3) is 5.56 Å². The number of aryl methyl sites for hydroxylation is 1. The van der Waals surface area contributed by atoms with Crippen LogP contribution in [0.3, 0.4) is 0 Å². The molecule has 0 saturated carbocycles. The molecule has 7 heteroatoms. The minimum absolute atomic E-state index is 0.304. The van der Waals surface area contributed by atoms with E-state index in [1.165, 1.54) is 10.9 Å². The maximum Gasteiger partial charge on any atom is 0.282 e. The van der Waals surface area contributed by atoms with E-state index in [0.29, 0.717) is 44.6 Å². The second kappa shape index (κ2) is 8.42. The Labute approximate surface area is 204 Å². The molecule has 0 aliphatic heterocycles. The van der Waals surface area contributed by atoms with Gasteiger partial charge >= 0.3 is 0 Å². The zero-order valence-electron chi connectivity index (χ0n) is 18.6. The number of furan rings is 2. The van der Waals surface area contributed by atoms with Crippen molar-refractivity contribution < 1.29 is 8.83 Å². The van der Waals surface area contributed by atoms with Crippen LogP contribution < -0.4 is 5.56 Å². The molecule has 0 unspecified atom stereocenters. The third-order valence-electron chi connectivity index (χ3n) is 5.79. The molecule has 0 aliphatic rings. The molecule has 0 aliphatic carbocycles. The Balaban J connectivity index is 1.47. The first kappa shape index (κ1) is 21.1. The van der Waals surface area contributed by atoms with Gasteiger partial charge in [-0.15, -0.1) is 0 Å². The number of halogens is 1. The van der Waals surface area contributed by atoms with Crippen molar-refractivity contribution in [3.05, 3.63) is 112 Å². The molecule has 6 nitrogen and oxygen atoms in total. The van der Waals surface area contributed by atoms with E-state index in [1.54, 1.807) is 24.3 Å². The molecular formula is C28H18ClN3O3. The van der Waals surface area contributed by atoms with E-state index >= 15 is 0 Å².